The molecule has 1 aliphatic heterocycles. The molecule has 1 amide bonds. The van der Waals surface area contributed by atoms with Crippen LogP contribution in [0.4, 0.5) is 11.4 Å². The van der Waals surface area contributed by atoms with E-state index in [1.165, 1.54) is 16.8 Å². The smallest absolute Gasteiger partial charge is 0.279 e. The van der Waals surface area contributed by atoms with Crippen molar-refractivity contribution in [2.24, 2.45) is 7.05 Å². The highest BCUT2D eigenvalue weighted by Crippen LogP contribution is 2.34. The molecule has 0 saturated carbocycles. The molecule has 23 heavy (non-hydrogen) atoms. The van der Waals surface area contributed by atoms with E-state index >= 15 is 0 Å². The highest BCUT2D eigenvalue weighted by Gasteiger charge is 2.29. The van der Waals surface area contributed by atoms with Crippen LogP contribution < -0.4 is 15.4 Å². The van der Waals surface area contributed by atoms with E-state index in [-0.39, 0.29) is 23.2 Å². The summed E-state index contributed by atoms with van der Waals surface area (Å²) in [5.74, 6) is -0.184. The van der Waals surface area contributed by atoms with Crippen molar-refractivity contribution in [2.45, 2.75) is 19.4 Å². The fraction of sp³-hybridized carbons (Fsp3) is 0.353. The summed E-state index contributed by atoms with van der Waals surface area (Å²) in [6, 6.07) is 10.8. The van der Waals surface area contributed by atoms with Crippen molar-refractivity contribution in [2.75, 3.05) is 23.4 Å². The maximum atomic E-state index is 13.0. The van der Waals surface area contributed by atoms with Gasteiger partial charge >= 0.3 is 0 Å². The topological polar surface area (TPSA) is 58.4 Å². The molecule has 120 valence electrons. The third-order valence-electron chi connectivity index (χ3n) is 4.27. The first kappa shape index (κ1) is 15.3. The van der Waals surface area contributed by atoms with Crippen LogP contribution in [-0.4, -0.2) is 35.3 Å². The Kier molecular flexibility index (Phi) is 3.90. The lowest BCUT2D eigenvalue weighted by Crippen LogP contribution is -2.39. The number of anilines is 2. The molecule has 6 heteroatoms. The second-order valence-corrected chi connectivity index (χ2v) is 5.90. The van der Waals surface area contributed by atoms with Crippen molar-refractivity contribution >= 4 is 17.3 Å². The molecule has 2 heterocycles. The zero-order chi connectivity index (χ0) is 16.6. The van der Waals surface area contributed by atoms with Gasteiger partial charge in [-0.2, -0.15) is 5.10 Å². The normalized spacial score (nSPS) is 17.6. The highest BCUT2D eigenvalue weighted by molar-refractivity contribution is 6.07. The quantitative estimate of drug-likeness (QED) is 0.803. The van der Waals surface area contributed by atoms with Gasteiger partial charge in [0.25, 0.3) is 11.5 Å². The number of aryl methyl sites for hydroxylation is 1. The monoisotopic (exact) mass is 312 g/mol. The predicted molar refractivity (Wildman–Crippen MR) is 90.1 cm³/mol. The Labute approximate surface area is 134 Å². The van der Waals surface area contributed by atoms with Crippen molar-refractivity contribution in [1.82, 2.24) is 9.78 Å². The Hall–Kier alpha value is -2.63. The summed E-state index contributed by atoms with van der Waals surface area (Å²) >= 11 is 0. The van der Waals surface area contributed by atoms with Crippen molar-refractivity contribution < 1.29 is 4.79 Å². The molecule has 0 fully saturated rings. The lowest BCUT2D eigenvalue weighted by molar-refractivity contribution is 0.0971. The van der Waals surface area contributed by atoms with E-state index in [4.69, 9.17) is 0 Å². The first-order valence-corrected chi connectivity index (χ1v) is 7.67. The van der Waals surface area contributed by atoms with Crippen molar-refractivity contribution in [3.8, 4) is 0 Å². The molecule has 2 aromatic rings. The van der Waals surface area contributed by atoms with Crippen molar-refractivity contribution in [3.05, 3.63) is 52.4 Å². The maximum absolute atomic E-state index is 13.0. The van der Waals surface area contributed by atoms with Gasteiger partial charge in [-0.05, 0) is 31.5 Å². The number of amides is 1. The van der Waals surface area contributed by atoms with Crippen molar-refractivity contribution in [1.29, 1.82) is 0 Å². The number of fused-ring (bicyclic) bond motifs is 1. The van der Waals surface area contributed by atoms with E-state index in [9.17, 15) is 9.59 Å². The Morgan fingerprint density at radius 3 is 2.52 bits per heavy atom. The van der Waals surface area contributed by atoms with E-state index in [0.29, 0.717) is 0 Å². The van der Waals surface area contributed by atoms with Gasteiger partial charge in [0.1, 0.15) is 5.69 Å². The molecule has 6 nitrogen and oxygen atoms in total. The Bertz CT molecular complexity index is 799. The van der Waals surface area contributed by atoms with Crippen LogP contribution >= 0.6 is 0 Å². The molecule has 0 radical (unpaired) electrons. The molecule has 0 unspecified atom stereocenters. The van der Waals surface area contributed by atoms with Gasteiger partial charge in [-0.15, -0.1) is 0 Å². The standard InChI is InChI=1S/C17H20N4O2/c1-12-10-11-19(2)14-6-4-5-7-15(14)21(12)17(23)13-8-9-16(22)20(3)18-13/h4-9,12H,10-11H2,1-3H3/t12-/m0/s1. The minimum absolute atomic E-state index is 0.0487. The van der Waals surface area contributed by atoms with E-state index in [1.807, 2.05) is 38.2 Å². The molecule has 1 atom stereocenters. The second-order valence-electron chi connectivity index (χ2n) is 5.90. The summed E-state index contributed by atoms with van der Waals surface area (Å²) in [5.41, 5.74) is 1.94. The number of benzene rings is 1. The fourth-order valence-electron chi connectivity index (χ4n) is 2.91. The number of para-hydroxylation sites is 2. The SMILES string of the molecule is C[C@H]1CCN(C)c2ccccc2N1C(=O)c1ccc(=O)n(C)n1. The van der Waals surface area contributed by atoms with Gasteiger partial charge in [-0.25, -0.2) is 4.68 Å². The third kappa shape index (κ3) is 2.72. The molecule has 0 N–H and O–H groups in total. The van der Waals surface area contributed by atoms with Crippen LogP contribution in [0.3, 0.4) is 0 Å². The van der Waals surface area contributed by atoms with Crippen LogP contribution in [0, 0.1) is 0 Å². The van der Waals surface area contributed by atoms with E-state index < -0.39 is 0 Å². The number of hydrogen-bond acceptors (Lipinski definition) is 4. The average Bonchev–Trinajstić information content (AvgIpc) is 2.67. The molecular formula is C17H20N4O2. The predicted octanol–water partition coefficient (Wildman–Crippen LogP) is 1.66. The molecule has 1 aliphatic rings. The van der Waals surface area contributed by atoms with Gasteiger partial charge < -0.3 is 9.80 Å². The molecule has 0 aliphatic carbocycles. The van der Waals surface area contributed by atoms with Crippen LogP contribution in [0.5, 0.6) is 0 Å². The van der Waals surface area contributed by atoms with Crippen LogP contribution in [-0.2, 0) is 7.05 Å². The molecule has 0 bridgehead atoms. The number of carbonyl (C=O) groups excluding carboxylic acids is 1. The summed E-state index contributed by atoms with van der Waals surface area (Å²) in [6.07, 6.45) is 0.864. The summed E-state index contributed by atoms with van der Waals surface area (Å²) < 4.78 is 1.19. The summed E-state index contributed by atoms with van der Waals surface area (Å²) in [7, 11) is 3.58. The van der Waals surface area contributed by atoms with Gasteiger partial charge in [-0.1, -0.05) is 12.1 Å². The first-order chi connectivity index (χ1) is 11.0. The number of carbonyl (C=O) groups is 1. The molecule has 1 aromatic heterocycles. The fourth-order valence-corrected chi connectivity index (χ4v) is 2.91. The second kappa shape index (κ2) is 5.87. The third-order valence-corrected chi connectivity index (χ3v) is 4.27. The van der Waals surface area contributed by atoms with Gasteiger partial charge in [0, 0.05) is 32.7 Å². The summed E-state index contributed by atoms with van der Waals surface area (Å²) in [4.78, 5) is 28.5. The van der Waals surface area contributed by atoms with Crippen LogP contribution in [0.15, 0.2) is 41.2 Å². The minimum Gasteiger partial charge on any atom is -0.373 e. The van der Waals surface area contributed by atoms with Gasteiger partial charge in [-0.3, -0.25) is 9.59 Å². The molecule has 3 rings (SSSR count). The largest absolute Gasteiger partial charge is 0.373 e. The first-order valence-electron chi connectivity index (χ1n) is 7.67. The lowest BCUT2D eigenvalue weighted by atomic mass is 10.1. The molecule has 0 saturated heterocycles. The van der Waals surface area contributed by atoms with Gasteiger partial charge in [0.05, 0.1) is 11.4 Å². The minimum atomic E-state index is -0.231. The van der Waals surface area contributed by atoms with E-state index in [0.717, 1.165) is 24.3 Å². The van der Waals surface area contributed by atoms with E-state index in [2.05, 4.69) is 10.00 Å². The summed E-state index contributed by atoms with van der Waals surface area (Å²) in [6.45, 7) is 2.92. The number of hydrogen-bond donors (Lipinski definition) is 0. The zero-order valence-electron chi connectivity index (χ0n) is 13.6. The Morgan fingerprint density at radius 1 is 1.13 bits per heavy atom. The zero-order valence-corrected chi connectivity index (χ0v) is 13.6. The van der Waals surface area contributed by atoms with E-state index in [1.54, 1.807) is 11.9 Å². The molecule has 0 spiro atoms. The van der Waals surface area contributed by atoms with Gasteiger partial charge in [0.15, 0.2) is 0 Å². The van der Waals surface area contributed by atoms with Crippen LogP contribution in [0.1, 0.15) is 23.8 Å². The average molecular weight is 312 g/mol. The maximum Gasteiger partial charge on any atom is 0.279 e. The summed E-state index contributed by atoms with van der Waals surface area (Å²) in [5, 5.41) is 4.10. The van der Waals surface area contributed by atoms with Crippen molar-refractivity contribution in [3.63, 3.8) is 0 Å². The van der Waals surface area contributed by atoms with Gasteiger partial charge in [0.2, 0.25) is 0 Å². The van der Waals surface area contributed by atoms with Crippen LogP contribution in [0.2, 0.25) is 0 Å². The lowest BCUT2D eigenvalue weighted by Gasteiger charge is -2.28. The molecule has 1 aromatic carbocycles. The number of aromatic nitrogens is 2. The van der Waals surface area contributed by atoms with Crippen LogP contribution in [0.25, 0.3) is 0 Å². The number of nitrogens with zero attached hydrogens (tertiary/aromatic N) is 4. The Balaban J connectivity index is 2.09. The highest BCUT2D eigenvalue weighted by atomic mass is 16.2. The molecular weight excluding hydrogens is 292 g/mol. The Morgan fingerprint density at radius 2 is 1.83 bits per heavy atom. The number of rotatable bonds is 1.